The van der Waals surface area contributed by atoms with E-state index < -0.39 is 0 Å². The highest BCUT2D eigenvalue weighted by Crippen LogP contribution is 2.15. The van der Waals surface area contributed by atoms with E-state index >= 15 is 0 Å². The summed E-state index contributed by atoms with van der Waals surface area (Å²) < 4.78 is 0. The summed E-state index contributed by atoms with van der Waals surface area (Å²) in [7, 11) is 2.16. The minimum absolute atomic E-state index is 0.317. The second kappa shape index (κ2) is 3.60. The first-order valence-corrected chi connectivity index (χ1v) is 4.91. The SMILES string of the molecule is C[C@@H](N)C1CSCCN1C. The Labute approximate surface area is 67.1 Å². The van der Waals surface area contributed by atoms with Crippen molar-refractivity contribution < 1.29 is 0 Å². The van der Waals surface area contributed by atoms with Crippen molar-refractivity contribution in [3.8, 4) is 0 Å². The molecule has 1 unspecified atom stereocenters. The topological polar surface area (TPSA) is 29.3 Å². The zero-order valence-corrected chi connectivity index (χ0v) is 7.53. The van der Waals surface area contributed by atoms with Crippen LogP contribution in [0.5, 0.6) is 0 Å². The van der Waals surface area contributed by atoms with Gasteiger partial charge in [-0.3, -0.25) is 0 Å². The smallest absolute Gasteiger partial charge is 0.0332 e. The molecule has 60 valence electrons. The van der Waals surface area contributed by atoms with Gasteiger partial charge in [-0.1, -0.05) is 0 Å². The lowest BCUT2D eigenvalue weighted by Gasteiger charge is -2.34. The van der Waals surface area contributed by atoms with Crippen molar-refractivity contribution in [1.82, 2.24) is 4.90 Å². The van der Waals surface area contributed by atoms with Gasteiger partial charge in [0.05, 0.1) is 0 Å². The lowest BCUT2D eigenvalue weighted by molar-refractivity contribution is 0.243. The van der Waals surface area contributed by atoms with E-state index in [1.54, 1.807) is 0 Å². The Hall–Kier alpha value is 0.270. The maximum atomic E-state index is 5.80. The highest BCUT2D eigenvalue weighted by Gasteiger charge is 2.21. The first-order valence-electron chi connectivity index (χ1n) is 3.75. The maximum Gasteiger partial charge on any atom is 0.0332 e. The third-order valence-corrected chi connectivity index (χ3v) is 3.10. The van der Waals surface area contributed by atoms with Crippen LogP contribution in [-0.4, -0.2) is 42.1 Å². The summed E-state index contributed by atoms with van der Waals surface area (Å²) in [5.41, 5.74) is 5.80. The van der Waals surface area contributed by atoms with Gasteiger partial charge >= 0.3 is 0 Å². The molecule has 0 aromatic carbocycles. The minimum Gasteiger partial charge on any atom is -0.327 e. The highest BCUT2D eigenvalue weighted by molar-refractivity contribution is 7.99. The van der Waals surface area contributed by atoms with E-state index in [0.29, 0.717) is 12.1 Å². The summed E-state index contributed by atoms with van der Waals surface area (Å²) >= 11 is 2.01. The van der Waals surface area contributed by atoms with E-state index in [4.69, 9.17) is 5.73 Å². The normalized spacial score (nSPS) is 32.1. The van der Waals surface area contributed by atoms with E-state index in [1.807, 2.05) is 11.8 Å². The molecule has 1 fully saturated rings. The molecular weight excluding hydrogens is 144 g/mol. The second-order valence-electron chi connectivity index (χ2n) is 2.98. The summed E-state index contributed by atoms with van der Waals surface area (Å²) in [4.78, 5) is 2.36. The average molecular weight is 160 g/mol. The molecule has 2 nitrogen and oxygen atoms in total. The minimum atomic E-state index is 0.317. The Morgan fingerprint density at radius 1 is 1.70 bits per heavy atom. The van der Waals surface area contributed by atoms with Gasteiger partial charge in [-0.25, -0.2) is 0 Å². The van der Waals surface area contributed by atoms with Crippen molar-refractivity contribution in [2.24, 2.45) is 5.73 Å². The van der Waals surface area contributed by atoms with Crippen molar-refractivity contribution in [2.45, 2.75) is 19.0 Å². The summed E-state index contributed by atoms with van der Waals surface area (Å²) in [5.74, 6) is 2.47. The molecule has 1 rings (SSSR count). The van der Waals surface area contributed by atoms with Gasteiger partial charge in [0, 0.05) is 30.1 Å². The lowest BCUT2D eigenvalue weighted by atomic mass is 10.1. The number of thioether (sulfide) groups is 1. The van der Waals surface area contributed by atoms with Gasteiger partial charge < -0.3 is 10.6 Å². The molecule has 1 aliphatic rings. The predicted octanol–water partition coefficient (Wildman–Crippen LogP) is 0.381. The predicted molar refractivity (Wildman–Crippen MR) is 47.4 cm³/mol. The molecule has 0 spiro atoms. The van der Waals surface area contributed by atoms with E-state index in [1.165, 1.54) is 18.1 Å². The Bertz CT molecular complexity index is 106. The van der Waals surface area contributed by atoms with Crippen molar-refractivity contribution in [2.75, 3.05) is 25.1 Å². The highest BCUT2D eigenvalue weighted by atomic mass is 32.2. The molecule has 3 heteroatoms. The summed E-state index contributed by atoms with van der Waals surface area (Å²) in [5, 5.41) is 0. The third kappa shape index (κ3) is 1.87. The quantitative estimate of drug-likeness (QED) is 0.601. The van der Waals surface area contributed by atoms with Crippen LogP contribution in [0.4, 0.5) is 0 Å². The second-order valence-corrected chi connectivity index (χ2v) is 4.13. The number of likely N-dealkylation sites (N-methyl/N-ethyl adjacent to an activating group) is 1. The largest absolute Gasteiger partial charge is 0.327 e. The molecule has 0 radical (unpaired) electrons. The molecule has 2 atom stereocenters. The molecule has 0 aromatic heterocycles. The van der Waals surface area contributed by atoms with Crippen LogP contribution in [-0.2, 0) is 0 Å². The Morgan fingerprint density at radius 2 is 2.40 bits per heavy atom. The number of rotatable bonds is 1. The Balaban J connectivity index is 2.40. The van der Waals surface area contributed by atoms with Crippen molar-refractivity contribution >= 4 is 11.8 Å². The molecule has 2 N–H and O–H groups in total. The fourth-order valence-corrected chi connectivity index (χ4v) is 2.64. The summed E-state index contributed by atoms with van der Waals surface area (Å²) in [6.45, 7) is 3.28. The molecule has 1 heterocycles. The van der Waals surface area contributed by atoms with E-state index in [-0.39, 0.29) is 0 Å². The van der Waals surface area contributed by atoms with E-state index in [9.17, 15) is 0 Å². The monoisotopic (exact) mass is 160 g/mol. The molecule has 0 aliphatic carbocycles. The third-order valence-electron chi connectivity index (χ3n) is 2.05. The Kier molecular flexibility index (Phi) is 3.01. The van der Waals surface area contributed by atoms with E-state index in [2.05, 4.69) is 18.9 Å². The van der Waals surface area contributed by atoms with E-state index in [0.717, 1.165) is 0 Å². The van der Waals surface area contributed by atoms with Gasteiger partial charge in [-0.05, 0) is 14.0 Å². The number of nitrogens with two attached hydrogens (primary N) is 1. The van der Waals surface area contributed by atoms with Gasteiger partial charge in [0.15, 0.2) is 0 Å². The van der Waals surface area contributed by atoms with Gasteiger partial charge in [-0.2, -0.15) is 11.8 Å². The molecule has 10 heavy (non-hydrogen) atoms. The van der Waals surface area contributed by atoms with Crippen LogP contribution in [0.2, 0.25) is 0 Å². The van der Waals surface area contributed by atoms with Crippen LogP contribution in [0.3, 0.4) is 0 Å². The van der Waals surface area contributed by atoms with Crippen LogP contribution in [0, 0.1) is 0 Å². The fraction of sp³-hybridized carbons (Fsp3) is 1.00. The Morgan fingerprint density at radius 3 is 2.80 bits per heavy atom. The van der Waals surface area contributed by atoms with Crippen LogP contribution in [0.15, 0.2) is 0 Å². The summed E-state index contributed by atoms with van der Waals surface area (Å²) in [6.07, 6.45) is 0. The summed E-state index contributed by atoms with van der Waals surface area (Å²) in [6, 6.07) is 0.913. The molecule has 0 aromatic rings. The first-order chi connectivity index (χ1) is 4.72. The molecule has 1 saturated heterocycles. The first kappa shape index (κ1) is 8.37. The van der Waals surface area contributed by atoms with Crippen molar-refractivity contribution in [3.05, 3.63) is 0 Å². The number of hydrogen-bond donors (Lipinski definition) is 1. The molecule has 0 saturated carbocycles. The van der Waals surface area contributed by atoms with Crippen molar-refractivity contribution in [1.29, 1.82) is 0 Å². The zero-order chi connectivity index (χ0) is 7.56. The van der Waals surface area contributed by atoms with Gasteiger partial charge in [-0.15, -0.1) is 0 Å². The average Bonchev–Trinajstić information content (AvgIpc) is 1.88. The van der Waals surface area contributed by atoms with Crippen LogP contribution < -0.4 is 5.73 Å². The lowest BCUT2D eigenvalue weighted by Crippen LogP contribution is -2.49. The van der Waals surface area contributed by atoms with Gasteiger partial charge in [0.2, 0.25) is 0 Å². The van der Waals surface area contributed by atoms with Crippen molar-refractivity contribution in [3.63, 3.8) is 0 Å². The fourth-order valence-electron chi connectivity index (χ4n) is 1.26. The number of hydrogen-bond acceptors (Lipinski definition) is 3. The standard InChI is InChI=1S/C7H16N2S/c1-6(8)7-5-10-4-3-9(7)2/h6-7H,3-5,8H2,1-2H3/t6-,7?/m1/s1. The molecule has 1 aliphatic heterocycles. The van der Waals surface area contributed by atoms with Gasteiger partial charge in [0.1, 0.15) is 0 Å². The van der Waals surface area contributed by atoms with Crippen LogP contribution in [0.1, 0.15) is 6.92 Å². The van der Waals surface area contributed by atoms with Crippen LogP contribution in [0.25, 0.3) is 0 Å². The van der Waals surface area contributed by atoms with Crippen LogP contribution >= 0.6 is 11.8 Å². The number of nitrogens with zero attached hydrogens (tertiary/aromatic N) is 1. The van der Waals surface area contributed by atoms with Gasteiger partial charge in [0.25, 0.3) is 0 Å². The molecule has 0 bridgehead atoms. The zero-order valence-electron chi connectivity index (χ0n) is 6.71. The molecular formula is C7H16N2S. The molecule has 0 amide bonds. The maximum absolute atomic E-state index is 5.80.